The zero-order valence-electron chi connectivity index (χ0n) is 15.2. The standard InChI is InChI=1S/C21H21Br2NO3/c1-14-3-6-16(7-4-14)20-11-18(24-27-20)13-26-19-8-5-15(9-17(23)12-22)10-21(19)25-2/h3-8,10-11,17H,9,12-13H2,1-2H3. The minimum Gasteiger partial charge on any atom is -0.493 e. The molecule has 3 aromatic rings. The van der Waals surface area contributed by atoms with Crippen LogP contribution in [0.5, 0.6) is 11.5 Å². The van der Waals surface area contributed by atoms with Crippen LogP contribution in [0.15, 0.2) is 53.1 Å². The van der Waals surface area contributed by atoms with E-state index < -0.39 is 0 Å². The molecule has 4 nitrogen and oxygen atoms in total. The van der Waals surface area contributed by atoms with Gasteiger partial charge in [0.1, 0.15) is 12.3 Å². The summed E-state index contributed by atoms with van der Waals surface area (Å²) in [6, 6.07) is 16.0. The normalized spacial score (nSPS) is 12.0. The smallest absolute Gasteiger partial charge is 0.167 e. The van der Waals surface area contributed by atoms with Crippen molar-refractivity contribution in [2.45, 2.75) is 24.8 Å². The van der Waals surface area contributed by atoms with Crippen LogP contribution in [-0.4, -0.2) is 22.4 Å². The van der Waals surface area contributed by atoms with E-state index in [0.717, 1.165) is 28.8 Å². The molecule has 6 heteroatoms. The van der Waals surface area contributed by atoms with Gasteiger partial charge < -0.3 is 14.0 Å². The Morgan fingerprint density at radius 1 is 1.07 bits per heavy atom. The molecule has 0 saturated heterocycles. The molecule has 1 aromatic heterocycles. The van der Waals surface area contributed by atoms with Crippen LogP contribution in [-0.2, 0) is 13.0 Å². The Bertz CT molecular complexity index is 877. The Hall–Kier alpha value is -1.79. The van der Waals surface area contributed by atoms with E-state index in [-0.39, 0.29) is 0 Å². The van der Waals surface area contributed by atoms with E-state index in [0.29, 0.717) is 22.9 Å². The predicted molar refractivity (Wildman–Crippen MR) is 114 cm³/mol. The second-order valence-electron chi connectivity index (χ2n) is 6.28. The topological polar surface area (TPSA) is 44.5 Å². The number of aromatic nitrogens is 1. The number of nitrogens with zero attached hydrogens (tertiary/aromatic N) is 1. The molecular weight excluding hydrogens is 474 g/mol. The molecule has 0 aliphatic carbocycles. The summed E-state index contributed by atoms with van der Waals surface area (Å²) in [5, 5.41) is 4.99. The molecule has 0 bridgehead atoms. The van der Waals surface area contributed by atoms with Crippen molar-refractivity contribution in [1.82, 2.24) is 5.16 Å². The maximum absolute atomic E-state index is 5.90. The Morgan fingerprint density at radius 2 is 1.85 bits per heavy atom. The van der Waals surface area contributed by atoms with Crippen LogP contribution < -0.4 is 9.47 Å². The van der Waals surface area contributed by atoms with Gasteiger partial charge in [0.05, 0.1) is 7.11 Å². The number of aryl methyl sites for hydroxylation is 1. The van der Waals surface area contributed by atoms with Gasteiger partial charge in [-0.15, -0.1) is 0 Å². The van der Waals surface area contributed by atoms with E-state index in [1.807, 2.05) is 42.5 Å². The summed E-state index contributed by atoms with van der Waals surface area (Å²) in [5.41, 5.74) is 4.12. The highest BCUT2D eigenvalue weighted by molar-refractivity contribution is 9.12. The Labute approximate surface area is 176 Å². The maximum Gasteiger partial charge on any atom is 0.167 e. The molecule has 142 valence electrons. The van der Waals surface area contributed by atoms with E-state index in [1.54, 1.807) is 7.11 Å². The number of halogens is 2. The quantitative estimate of drug-likeness (QED) is 0.363. The van der Waals surface area contributed by atoms with Crippen LogP contribution in [0, 0.1) is 6.92 Å². The number of rotatable bonds is 8. The SMILES string of the molecule is COc1cc(CC(Br)CBr)ccc1OCc1cc(-c2ccc(C)cc2)on1. The number of methoxy groups -OCH3 is 1. The van der Waals surface area contributed by atoms with Crippen LogP contribution in [0.4, 0.5) is 0 Å². The first kappa shape index (κ1) is 20.0. The second-order valence-corrected chi connectivity index (χ2v) is 8.22. The molecule has 2 aromatic carbocycles. The fourth-order valence-corrected chi connectivity index (χ4v) is 3.26. The number of hydrogen-bond donors (Lipinski definition) is 0. The molecule has 3 rings (SSSR count). The average molecular weight is 495 g/mol. The second kappa shape index (κ2) is 9.42. The zero-order chi connectivity index (χ0) is 19.2. The van der Waals surface area contributed by atoms with E-state index in [9.17, 15) is 0 Å². The largest absolute Gasteiger partial charge is 0.493 e. The Kier molecular flexibility index (Phi) is 6.96. The van der Waals surface area contributed by atoms with Gasteiger partial charge in [-0.3, -0.25) is 0 Å². The molecule has 1 atom stereocenters. The van der Waals surface area contributed by atoms with Crippen LogP contribution >= 0.6 is 31.9 Å². The van der Waals surface area contributed by atoms with Gasteiger partial charge in [0.2, 0.25) is 0 Å². The van der Waals surface area contributed by atoms with Crippen LogP contribution in [0.2, 0.25) is 0 Å². The van der Waals surface area contributed by atoms with Crippen molar-refractivity contribution >= 4 is 31.9 Å². The zero-order valence-corrected chi connectivity index (χ0v) is 18.4. The van der Waals surface area contributed by atoms with E-state index in [2.05, 4.69) is 50.0 Å². The lowest BCUT2D eigenvalue weighted by atomic mass is 10.1. The molecule has 0 fully saturated rings. The monoisotopic (exact) mass is 493 g/mol. The molecule has 0 radical (unpaired) electrons. The van der Waals surface area contributed by atoms with Crippen molar-refractivity contribution in [1.29, 1.82) is 0 Å². The first-order chi connectivity index (χ1) is 13.1. The van der Waals surface area contributed by atoms with Crippen molar-refractivity contribution < 1.29 is 14.0 Å². The highest BCUT2D eigenvalue weighted by atomic mass is 79.9. The fraction of sp³-hybridized carbons (Fsp3) is 0.286. The van der Waals surface area contributed by atoms with Crippen molar-refractivity contribution in [3.05, 3.63) is 65.4 Å². The summed E-state index contributed by atoms with van der Waals surface area (Å²) in [7, 11) is 1.65. The molecule has 1 heterocycles. The van der Waals surface area contributed by atoms with Gasteiger partial charge in [-0.2, -0.15) is 0 Å². The molecule has 0 aliphatic heterocycles. The summed E-state index contributed by atoms with van der Waals surface area (Å²) >= 11 is 7.10. The lowest BCUT2D eigenvalue weighted by molar-refractivity contribution is 0.272. The van der Waals surface area contributed by atoms with Gasteiger partial charge in [0, 0.05) is 21.8 Å². The third-order valence-electron chi connectivity index (χ3n) is 4.12. The Balaban J connectivity index is 1.67. The highest BCUT2D eigenvalue weighted by Crippen LogP contribution is 2.30. The minimum atomic E-state index is 0.313. The molecular formula is C21H21Br2NO3. The number of alkyl halides is 2. The van der Waals surface area contributed by atoms with Crippen molar-refractivity contribution in [2.75, 3.05) is 12.4 Å². The van der Waals surface area contributed by atoms with Gasteiger partial charge in [0.25, 0.3) is 0 Å². The molecule has 27 heavy (non-hydrogen) atoms. The minimum absolute atomic E-state index is 0.313. The molecule has 0 spiro atoms. The highest BCUT2D eigenvalue weighted by Gasteiger charge is 2.11. The first-order valence-corrected chi connectivity index (χ1v) is 10.6. The van der Waals surface area contributed by atoms with Gasteiger partial charge in [-0.25, -0.2) is 0 Å². The molecule has 0 saturated carbocycles. The fourth-order valence-electron chi connectivity index (χ4n) is 2.65. The number of ether oxygens (including phenoxy) is 2. The van der Waals surface area contributed by atoms with E-state index in [1.165, 1.54) is 11.1 Å². The Morgan fingerprint density at radius 3 is 2.56 bits per heavy atom. The number of hydrogen-bond acceptors (Lipinski definition) is 4. The first-order valence-electron chi connectivity index (χ1n) is 8.61. The molecule has 0 aliphatic rings. The summed E-state index contributed by atoms with van der Waals surface area (Å²) in [6.07, 6.45) is 0.908. The van der Waals surface area contributed by atoms with E-state index >= 15 is 0 Å². The average Bonchev–Trinajstić information content (AvgIpc) is 3.16. The predicted octanol–water partition coefficient (Wildman–Crippen LogP) is 5.94. The van der Waals surface area contributed by atoms with Gasteiger partial charge in [-0.1, -0.05) is 72.9 Å². The summed E-state index contributed by atoms with van der Waals surface area (Å²) < 4.78 is 16.8. The summed E-state index contributed by atoms with van der Waals surface area (Å²) in [4.78, 5) is 0.379. The lowest BCUT2D eigenvalue weighted by Crippen LogP contribution is -2.04. The third-order valence-corrected chi connectivity index (χ3v) is 6.42. The van der Waals surface area contributed by atoms with Crippen LogP contribution in [0.3, 0.4) is 0 Å². The van der Waals surface area contributed by atoms with Crippen LogP contribution in [0.25, 0.3) is 11.3 Å². The van der Waals surface area contributed by atoms with Crippen molar-refractivity contribution in [3.63, 3.8) is 0 Å². The van der Waals surface area contributed by atoms with Gasteiger partial charge >= 0.3 is 0 Å². The molecule has 0 amide bonds. The summed E-state index contributed by atoms with van der Waals surface area (Å²) in [5.74, 6) is 2.13. The van der Waals surface area contributed by atoms with Crippen LogP contribution in [0.1, 0.15) is 16.8 Å². The summed E-state index contributed by atoms with van der Waals surface area (Å²) in [6.45, 7) is 2.37. The maximum atomic E-state index is 5.90. The van der Waals surface area contributed by atoms with Gasteiger partial charge in [0.15, 0.2) is 17.3 Å². The third kappa shape index (κ3) is 5.36. The lowest BCUT2D eigenvalue weighted by Gasteiger charge is -2.12. The van der Waals surface area contributed by atoms with Crippen molar-refractivity contribution in [2.24, 2.45) is 0 Å². The van der Waals surface area contributed by atoms with Crippen molar-refractivity contribution in [3.8, 4) is 22.8 Å². The van der Waals surface area contributed by atoms with E-state index in [4.69, 9.17) is 14.0 Å². The number of benzene rings is 2. The molecule has 0 N–H and O–H groups in total. The molecule has 1 unspecified atom stereocenters. The van der Waals surface area contributed by atoms with Gasteiger partial charge in [-0.05, 0) is 31.0 Å².